The standard InChI is InChI=1S/C22H49NSi/c1-3-5-7-9-11-13-15-17-19-21-23(24)22-20-18-16-14-12-10-8-6-4-2/h3-22H2,1-2,24H3. The van der Waals surface area contributed by atoms with E-state index in [4.69, 9.17) is 0 Å². The Morgan fingerprint density at radius 3 is 0.958 bits per heavy atom. The van der Waals surface area contributed by atoms with Gasteiger partial charge in [0, 0.05) is 0 Å². The summed E-state index contributed by atoms with van der Waals surface area (Å²) in [5, 5.41) is 0. The third-order valence-electron chi connectivity index (χ3n) is 5.29. The first-order valence-electron chi connectivity index (χ1n) is 11.5. The van der Waals surface area contributed by atoms with Crippen LogP contribution in [0.25, 0.3) is 0 Å². The zero-order chi connectivity index (χ0) is 17.7. The first-order chi connectivity index (χ1) is 11.8. The molecule has 0 spiro atoms. The lowest BCUT2D eigenvalue weighted by molar-refractivity contribution is 0.410. The van der Waals surface area contributed by atoms with Gasteiger partial charge in [-0.2, -0.15) is 0 Å². The van der Waals surface area contributed by atoms with Gasteiger partial charge in [-0.3, -0.25) is 0 Å². The fraction of sp³-hybridized carbons (Fsp3) is 1.00. The van der Waals surface area contributed by atoms with Gasteiger partial charge >= 0.3 is 0 Å². The van der Waals surface area contributed by atoms with Crippen LogP contribution in [0.15, 0.2) is 0 Å². The van der Waals surface area contributed by atoms with Crippen molar-refractivity contribution < 1.29 is 0 Å². The summed E-state index contributed by atoms with van der Waals surface area (Å²) in [6, 6.07) is 0. The van der Waals surface area contributed by atoms with Crippen molar-refractivity contribution in [3.63, 3.8) is 0 Å². The third kappa shape index (κ3) is 20.2. The van der Waals surface area contributed by atoms with Gasteiger partial charge in [0.05, 0.1) is 10.4 Å². The summed E-state index contributed by atoms with van der Waals surface area (Å²) in [6.07, 6.45) is 26.1. The third-order valence-corrected chi connectivity index (χ3v) is 6.18. The largest absolute Gasteiger partial charge is 0.332 e. The van der Waals surface area contributed by atoms with Crippen LogP contribution in [0, 0.1) is 0 Å². The van der Waals surface area contributed by atoms with Crippen molar-refractivity contribution in [1.29, 1.82) is 0 Å². The molecule has 0 aliphatic rings. The van der Waals surface area contributed by atoms with Crippen molar-refractivity contribution in [2.24, 2.45) is 0 Å². The molecule has 0 unspecified atom stereocenters. The molecule has 24 heavy (non-hydrogen) atoms. The second-order valence-electron chi connectivity index (χ2n) is 7.96. The van der Waals surface area contributed by atoms with Crippen LogP contribution < -0.4 is 0 Å². The van der Waals surface area contributed by atoms with E-state index < -0.39 is 0 Å². The molecule has 0 aliphatic heterocycles. The number of hydrogen-bond donors (Lipinski definition) is 0. The maximum Gasteiger partial charge on any atom is 0.0784 e. The lowest BCUT2D eigenvalue weighted by Crippen LogP contribution is -2.22. The van der Waals surface area contributed by atoms with Gasteiger partial charge in [0.15, 0.2) is 0 Å². The molecule has 0 atom stereocenters. The molecule has 0 fully saturated rings. The fourth-order valence-electron chi connectivity index (χ4n) is 3.50. The zero-order valence-electron chi connectivity index (χ0n) is 17.6. The second kappa shape index (κ2) is 21.2. The molecule has 0 saturated carbocycles. The molecule has 0 aliphatic carbocycles. The summed E-state index contributed by atoms with van der Waals surface area (Å²) in [5.41, 5.74) is 0. The summed E-state index contributed by atoms with van der Waals surface area (Å²) >= 11 is 0. The summed E-state index contributed by atoms with van der Waals surface area (Å²) in [7, 11) is 1.26. The van der Waals surface area contributed by atoms with Crippen molar-refractivity contribution in [2.75, 3.05) is 13.1 Å². The van der Waals surface area contributed by atoms with E-state index in [1.807, 2.05) is 0 Å². The van der Waals surface area contributed by atoms with E-state index in [1.54, 1.807) is 0 Å². The quantitative estimate of drug-likeness (QED) is 0.175. The van der Waals surface area contributed by atoms with Crippen LogP contribution >= 0.6 is 0 Å². The Morgan fingerprint density at radius 1 is 0.417 bits per heavy atom. The molecule has 0 amide bonds. The van der Waals surface area contributed by atoms with Gasteiger partial charge in [-0.25, -0.2) is 0 Å². The maximum atomic E-state index is 2.70. The van der Waals surface area contributed by atoms with Crippen LogP contribution in [0.4, 0.5) is 0 Å². The number of rotatable bonds is 20. The van der Waals surface area contributed by atoms with Crippen molar-refractivity contribution in [2.45, 2.75) is 129 Å². The Bertz CT molecular complexity index is 198. The molecule has 0 bridgehead atoms. The molecule has 1 nitrogen and oxygen atoms in total. The van der Waals surface area contributed by atoms with Crippen LogP contribution in [0.3, 0.4) is 0 Å². The normalized spacial score (nSPS) is 11.6. The minimum Gasteiger partial charge on any atom is -0.332 e. The predicted octanol–water partition coefficient (Wildman–Crippen LogP) is 6.63. The molecule has 0 aromatic rings. The molecule has 0 rings (SSSR count). The van der Waals surface area contributed by atoms with E-state index in [0.717, 1.165) is 0 Å². The average molecular weight is 356 g/mol. The van der Waals surface area contributed by atoms with Crippen LogP contribution in [-0.4, -0.2) is 28.1 Å². The Hall–Kier alpha value is 0.177. The molecule has 0 N–H and O–H groups in total. The smallest absolute Gasteiger partial charge is 0.0784 e. The monoisotopic (exact) mass is 355 g/mol. The van der Waals surface area contributed by atoms with Crippen molar-refractivity contribution >= 4 is 10.4 Å². The Kier molecular flexibility index (Phi) is 21.4. The molecular weight excluding hydrogens is 306 g/mol. The van der Waals surface area contributed by atoms with Gasteiger partial charge in [0.2, 0.25) is 0 Å². The van der Waals surface area contributed by atoms with Crippen molar-refractivity contribution in [3.05, 3.63) is 0 Å². The lowest BCUT2D eigenvalue weighted by Gasteiger charge is -2.16. The zero-order valence-corrected chi connectivity index (χ0v) is 19.6. The fourth-order valence-corrected chi connectivity index (χ4v) is 4.13. The molecule has 146 valence electrons. The maximum absolute atomic E-state index is 2.70. The second-order valence-corrected chi connectivity index (χ2v) is 9.23. The van der Waals surface area contributed by atoms with E-state index >= 15 is 0 Å². The minimum absolute atomic E-state index is 1.26. The average Bonchev–Trinajstić information content (AvgIpc) is 2.59. The topological polar surface area (TPSA) is 3.24 Å². The van der Waals surface area contributed by atoms with E-state index in [2.05, 4.69) is 18.4 Å². The molecule has 0 radical (unpaired) electrons. The van der Waals surface area contributed by atoms with Crippen LogP contribution in [0.1, 0.15) is 129 Å². The van der Waals surface area contributed by atoms with E-state index in [1.165, 1.54) is 139 Å². The van der Waals surface area contributed by atoms with E-state index in [9.17, 15) is 0 Å². The molecule has 0 heterocycles. The predicted molar refractivity (Wildman–Crippen MR) is 116 cm³/mol. The summed E-state index contributed by atoms with van der Waals surface area (Å²) in [6.45, 7) is 7.35. The first-order valence-corrected chi connectivity index (χ1v) is 12.4. The Labute approximate surface area is 157 Å². The van der Waals surface area contributed by atoms with E-state index in [-0.39, 0.29) is 0 Å². The highest BCUT2D eigenvalue weighted by molar-refractivity contribution is 6.04. The summed E-state index contributed by atoms with van der Waals surface area (Å²) in [4.78, 5) is 0. The first kappa shape index (κ1) is 24.2. The van der Waals surface area contributed by atoms with Gasteiger partial charge < -0.3 is 4.57 Å². The van der Waals surface area contributed by atoms with Crippen LogP contribution in [0.2, 0.25) is 0 Å². The highest BCUT2D eigenvalue weighted by atomic mass is 28.2. The molecule has 0 aromatic heterocycles. The Morgan fingerprint density at radius 2 is 0.667 bits per heavy atom. The highest BCUT2D eigenvalue weighted by Gasteiger charge is 1.99. The van der Waals surface area contributed by atoms with Gasteiger partial charge in [0.25, 0.3) is 0 Å². The van der Waals surface area contributed by atoms with Gasteiger partial charge in [-0.05, 0) is 25.9 Å². The van der Waals surface area contributed by atoms with Crippen molar-refractivity contribution in [1.82, 2.24) is 4.57 Å². The number of unbranched alkanes of at least 4 members (excludes halogenated alkanes) is 16. The minimum atomic E-state index is 1.26. The lowest BCUT2D eigenvalue weighted by atomic mass is 10.1. The summed E-state index contributed by atoms with van der Waals surface area (Å²) in [5.74, 6) is 0. The van der Waals surface area contributed by atoms with Gasteiger partial charge in [-0.1, -0.05) is 117 Å². The van der Waals surface area contributed by atoms with E-state index in [0.29, 0.717) is 0 Å². The summed E-state index contributed by atoms with van der Waals surface area (Å²) < 4.78 is 2.70. The number of hydrogen-bond acceptors (Lipinski definition) is 1. The molecule has 2 heteroatoms. The molecule has 0 saturated heterocycles. The highest BCUT2D eigenvalue weighted by Crippen LogP contribution is 2.11. The van der Waals surface area contributed by atoms with Gasteiger partial charge in [0.1, 0.15) is 0 Å². The number of nitrogens with zero attached hydrogens (tertiary/aromatic N) is 1. The molecular formula is C22H49NSi. The van der Waals surface area contributed by atoms with Crippen LogP contribution in [0.5, 0.6) is 0 Å². The Balaban J connectivity index is 3.12. The molecule has 0 aromatic carbocycles. The SMILES string of the molecule is CCCCCCCCCCCN([SiH3])CCCCCCCCCCC. The van der Waals surface area contributed by atoms with Crippen LogP contribution in [-0.2, 0) is 0 Å². The van der Waals surface area contributed by atoms with Gasteiger partial charge in [-0.15, -0.1) is 0 Å². The van der Waals surface area contributed by atoms with Crippen molar-refractivity contribution in [3.8, 4) is 0 Å².